The van der Waals surface area contributed by atoms with E-state index in [1.54, 1.807) is 26.4 Å². The third-order valence-electron chi connectivity index (χ3n) is 4.88. The van der Waals surface area contributed by atoms with Crippen LogP contribution in [-0.2, 0) is 6.54 Å². The van der Waals surface area contributed by atoms with Crippen molar-refractivity contribution in [1.29, 1.82) is 0 Å². The van der Waals surface area contributed by atoms with E-state index in [9.17, 15) is 10.1 Å². The summed E-state index contributed by atoms with van der Waals surface area (Å²) in [7, 11) is 3.33. The van der Waals surface area contributed by atoms with Gasteiger partial charge in [0.2, 0.25) is 0 Å². The van der Waals surface area contributed by atoms with Crippen LogP contribution in [-0.4, -0.2) is 25.7 Å². The average molecular weight is 343 g/mol. The molecule has 1 saturated heterocycles. The van der Waals surface area contributed by atoms with Crippen LogP contribution in [0.4, 0.5) is 5.69 Å². The van der Waals surface area contributed by atoms with Crippen molar-refractivity contribution in [1.82, 2.24) is 0 Å². The molecule has 0 bridgehead atoms. The molecule has 1 N–H and O–H groups in total. The lowest BCUT2D eigenvalue weighted by Crippen LogP contribution is -3.08. The van der Waals surface area contributed by atoms with Gasteiger partial charge in [0, 0.05) is 36.6 Å². The Balaban J connectivity index is 1.79. The Hall–Kier alpha value is -2.60. The van der Waals surface area contributed by atoms with Crippen LogP contribution in [0.25, 0.3) is 0 Å². The molecule has 2 atom stereocenters. The first-order valence-electron chi connectivity index (χ1n) is 8.42. The molecule has 132 valence electrons. The quantitative estimate of drug-likeness (QED) is 0.647. The number of nitro groups is 1. The maximum Gasteiger partial charge on any atom is 0.269 e. The molecule has 2 aromatic rings. The predicted molar refractivity (Wildman–Crippen MR) is 94.2 cm³/mol. The number of non-ortho nitro benzene ring substituents is 1. The average Bonchev–Trinajstić information content (AvgIpc) is 3.09. The van der Waals surface area contributed by atoms with Gasteiger partial charge in [-0.1, -0.05) is 0 Å². The molecule has 0 spiro atoms. The van der Waals surface area contributed by atoms with Crippen LogP contribution in [0.2, 0.25) is 0 Å². The zero-order chi connectivity index (χ0) is 17.8. The van der Waals surface area contributed by atoms with Gasteiger partial charge in [0.1, 0.15) is 24.1 Å². The van der Waals surface area contributed by atoms with E-state index >= 15 is 0 Å². The molecule has 0 amide bonds. The molecular weight excluding hydrogens is 320 g/mol. The molecule has 0 aromatic heterocycles. The second kappa shape index (κ2) is 7.53. The number of hydrogen-bond donors (Lipinski definition) is 1. The van der Waals surface area contributed by atoms with E-state index in [1.165, 1.54) is 10.5 Å². The molecule has 6 nitrogen and oxygen atoms in total. The molecule has 0 aliphatic carbocycles. The summed E-state index contributed by atoms with van der Waals surface area (Å²) in [4.78, 5) is 11.9. The Labute approximate surface area is 147 Å². The highest BCUT2D eigenvalue weighted by Gasteiger charge is 2.32. The van der Waals surface area contributed by atoms with Gasteiger partial charge in [-0.2, -0.15) is 0 Å². The van der Waals surface area contributed by atoms with E-state index in [4.69, 9.17) is 9.47 Å². The highest BCUT2D eigenvalue weighted by molar-refractivity contribution is 5.42. The number of nitrogens with zero attached hydrogens (tertiary/aromatic N) is 1. The van der Waals surface area contributed by atoms with Gasteiger partial charge in [0.15, 0.2) is 0 Å². The minimum atomic E-state index is -0.364. The maximum atomic E-state index is 10.8. The van der Waals surface area contributed by atoms with Crippen molar-refractivity contribution in [2.45, 2.75) is 25.4 Å². The number of likely N-dealkylation sites (tertiary alicyclic amines) is 1. The fourth-order valence-corrected chi connectivity index (χ4v) is 3.60. The van der Waals surface area contributed by atoms with Gasteiger partial charge in [-0.05, 0) is 24.3 Å². The van der Waals surface area contributed by atoms with Gasteiger partial charge < -0.3 is 14.4 Å². The van der Waals surface area contributed by atoms with E-state index in [0.717, 1.165) is 43.0 Å². The molecule has 1 aliphatic heterocycles. The maximum absolute atomic E-state index is 10.8. The molecule has 1 unspecified atom stereocenters. The summed E-state index contributed by atoms with van der Waals surface area (Å²) >= 11 is 0. The van der Waals surface area contributed by atoms with Crippen molar-refractivity contribution < 1.29 is 19.3 Å². The van der Waals surface area contributed by atoms with Crippen LogP contribution in [0.3, 0.4) is 0 Å². The topological polar surface area (TPSA) is 66.0 Å². The fraction of sp³-hybridized carbons (Fsp3) is 0.368. The predicted octanol–water partition coefficient (Wildman–Crippen LogP) is 2.53. The molecule has 1 aliphatic rings. The summed E-state index contributed by atoms with van der Waals surface area (Å²) in [6, 6.07) is 13.2. The molecule has 0 radical (unpaired) electrons. The number of nitro benzene ring substituents is 1. The second-order valence-corrected chi connectivity index (χ2v) is 6.31. The summed E-state index contributed by atoms with van der Waals surface area (Å²) in [6.07, 6.45) is 2.26. The normalized spacial score (nSPS) is 19.6. The smallest absolute Gasteiger partial charge is 0.269 e. The second-order valence-electron chi connectivity index (χ2n) is 6.31. The van der Waals surface area contributed by atoms with Gasteiger partial charge in [-0.3, -0.25) is 10.1 Å². The van der Waals surface area contributed by atoms with Crippen LogP contribution >= 0.6 is 0 Å². The van der Waals surface area contributed by atoms with Gasteiger partial charge in [-0.25, -0.2) is 0 Å². The standard InChI is InChI=1S/C19H22N2O4/c1-24-16-9-10-17(19(12-16)25-2)18-4-3-11-20(18)13-14-5-7-15(8-6-14)21(22)23/h5-10,12,18H,3-4,11,13H2,1-2H3/p+1/t18-/m0/s1. The first-order valence-corrected chi connectivity index (χ1v) is 8.42. The molecular formula is C19H23N2O4+. The lowest BCUT2D eigenvalue weighted by molar-refractivity contribution is -0.932. The van der Waals surface area contributed by atoms with E-state index in [2.05, 4.69) is 6.07 Å². The molecule has 2 aromatic carbocycles. The number of benzene rings is 2. The number of quaternary nitrogens is 1. The number of rotatable bonds is 6. The molecule has 0 saturated carbocycles. The van der Waals surface area contributed by atoms with Crippen molar-refractivity contribution in [2.75, 3.05) is 20.8 Å². The molecule has 6 heteroatoms. The van der Waals surface area contributed by atoms with Crippen molar-refractivity contribution in [3.63, 3.8) is 0 Å². The summed E-state index contributed by atoms with van der Waals surface area (Å²) in [5.74, 6) is 1.64. The Morgan fingerprint density at radius 3 is 2.56 bits per heavy atom. The highest BCUT2D eigenvalue weighted by Crippen LogP contribution is 2.31. The van der Waals surface area contributed by atoms with Crippen LogP contribution in [0.15, 0.2) is 42.5 Å². The number of methoxy groups -OCH3 is 2. The molecule has 25 heavy (non-hydrogen) atoms. The third-order valence-corrected chi connectivity index (χ3v) is 4.88. The lowest BCUT2D eigenvalue weighted by Gasteiger charge is -2.23. The number of ether oxygens (including phenoxy) is 2. The van der Waals surface area contributed by atoms with Crippen molar-refractivity contribution in [3.8, 4) is 11.5 Å². The molecule has 1 fully saturated rings. The van der Waals surface area contributed by atoms with Gasteiger partial charge in [-0.15, -0.1) is 0 Å². The van der Waals surface area contributed by atoms with E-state index in [0.29, 0.717) is 6.04 Å². The summed E-state index contributed by atoms with van der Waals surface area (Å²) < 4.78 is 10.9. The van der Waals surface area contributed by atoms with Crippen LogP contribution in [0, 0.1) is 10.1 Å². The Morgan fingerprint density at radius 1 is 1.16 bits per heavy atom. The van der Waals surface area contributed by atoms with Crippen molar-refractivity contribution in [3.05, 3.63) is 63.7 Å². The largest absolute Gasteiger partial charge is 0.497 e. The fourth-order valence-electron chi connectivity index (χ4n) is 3.60. The first kappa shape index (κ1) is 17.2. The SMILES string of the molecule is COc1ccc([C@@H]2CCC[NH+]2Cc2ccc([N+](=O)[O-])cc2)c(OC)c1. The zero-order valence-corrected chi connectivity index (χ0v) is 14.5. The Kier molecular flexibility index (Phi) is 5.19. The summed E-state index contributed by atoms with van der Waals surface area (Å²) in [5.41, 5.74) is 2.44. The van der Waals surface area contributed by atoms with Crippen LogP contribution < -0.4 is 14.4 Å². The van der Waals surface area contributed by atoms with E-state index in [-0.39, 0.29) is 10.6 Å². The molecule has 1 heterocycles. The highest BCUT2D eigenvalue weighted by atomic mass is 16.6. The van der Waals surface area contributed by atoms with Crippen LogP contribution in [0.5, 0.6) is 11.5 Å². The van der Waals surface area contributed by atoms with Gasteiger partial charge in [0.25, 0.3) is 5.69 Å². The minimum absolute atomic E-state index is 0.133. The molecule has 3 rings (SSSR count). The number of nitrogens with one attached hydrogen (secondary N) is 1. The van der Waals surface area contributed by atoms with E-state index < -0.39 is 0 Å². The minimum Gasteiger partial charge on any atom is -0.497 e. The number of hydrogen-bond acceptors (Lipinski definition) is 4. The van der Waals surface area contributed by atoms with Crippen molar-refractivity contribution >= 4 is 5.69 Å². The third kappa shape index (κ3) is 3.74. The Bertz CT molecular complexity index is 746. The van der Waals surface area contributed by atoms with E-state index in [1.807, 2.05) is 24.3 Å². The summed E-state index contributed by atoms with van der Waals surface area (Å²) in [5, 5.41) is 10.8. The van der Waals surface area contributed by atoms with Crippen LogP contribution in [0.1, 0.15) is 30.0 Å². The Morgan fingerprint density at radius 2 is 1.92 bits per heavy atom. The van der Waals surface area contributed by atoms with Gasteiger partial charge in [0.05, 0.1) is 31.3 Å². The zero-order valence-electron chi connectivity index (χ0n) is 14.5. The summed E-state index contributed by atoms with van der Waals surface area (Å²) in [6.45, 7) is 1.93. The van der Waals surface area contributed by atoms with Crippen molar-refractivity contribution in [2.24, 2.45) is 0 Å². The monoisotopic (exact) mass is 343 g/mol. The lowest BCUT2D eigenvalue weighted by atomic mass is 10.0. The first-order chi connectivity index (χ1) is 12.1. The van der Waals surface area contributed by atoms with Gasteiger partial charge >= 0.3 is 0 Å².